The molecule has 4 rings (SSSR count). The van der Waals surface area contributed by atoms with E-state index in [1.165, 1.54) is 5.39 Å². The highest BCUT2D eigenvalue weighted by molar-refractivity contribution is 5.97. The number of pyridine rings is 2. The first-order valence-corrected chi connectivity index (χ1v) is 9.76. The van der Waals surface area contributed by atoms with Gasteiger partial charge in [-0.1, -0.05) is 24.3 Å². The molecule has 1 fully saturated rings. The largest absolute Gasteiger partial charge is 0.342 e. The lowest BCUT2D eigenvalue weighted by Crippen LogP contribution is -2.39. The molecule has 1 saturated heterocycles. The zero-order valence-electron chi connectivity index (χ0n) is 15.8. The number of piperidine rings is 1. The third-order valence-electron chi connectivity index (χ3n) is 5.39. The Balaban J connectivity index is 1.38. The molecule has 0 saturated carbocycles. The SMILES string of the molecule is O=C(CCC(=O)N1CCC[C@@H](c2cc3ccccc3cn2)C1)c1cccnc1. The first kappa shape index (κ1) is 18.3. The lowest BCUT2D eigenvalue weighted by molar-refractivity contribution is -0.132. The molecule has 1 amide bonds. The van der Waals surface area contributed by atoms with Gasteiger partial charge in [0, 0.05) is 67.1 Å². The van der Waals surface area contributed by atoms with Crippen molar-refractivity contribution in [3.8, 4) is 0 Å². The number of fused-ring (bicyclic) bond motifs is 1. The second-order valence-corrected chi connectivity index (χ2v) is 7.30. The van der Waals surface area contributed by atoms with Gasteiger partial charge < -0.3 is 4.90 Å². The lowest BCUT2D eigenvalue weighted by Gasteiger charge is -2.32. The lowest BCUT2D eigenvalue weighted by atomic mass is 9.93. The molecule has 0 N–H and O–H groups in total. The summed E-state index contributed by atoms with van der Waals surface area (Å²) >= 11 is 0. The Bertz CT molecular complexity index is 987. The van der Waals surface area contributed by atoms with E-state index in [0.29, 0.717) is 12.1 Å². The van der Waals surface area contributed by atoms with E-state index in [4.69, 9.17) is 0 Å². The van der Waals surface area contributed by atoms with E-state index in [1.807, 2.05) is 23.2 Å². The Labute approximate surface area is 164 Å². The predicted molar refractivity (Wildman–Crippen MR) is 108 cm³/mol. The number of carbonyl (C=O) groups excluding carboxylic acids is 2. The van der Waals surface area contributed by atoms with Crippen LogP contribution in [0.2, 0.25) is 0 Å². The van der Waals surface area contributed by atoms with Crippen molar-refractivity contribution < 1.29 is 9.59 Å². The van der Waals surface area contributed by atoms with Crippen LogP contribution in [0.5, 0.6) is 0 Å². The van der Waals surface area contributed by atoms with Crippen molar-refractivity contribution in [3.05, 3.63) is 72.3 Å². The second-order valence-electron chi connectivity index (χ2n) is 7.30. The molecule has 142 valence electrons. The molecular formula is C23H23N3O2. The summed E-state index contributed by atoms with van der Waals surface area (Å²) in [5, 5.41) is 2.31. The molecule has 0 bridgehead atoms. The van der Waals surface area contributed by atoms with E-state index >= 15 is 0 Å². The van der Waals surface area contributed by atoms with Gasteiger partial charge in [0.05, 0.1) is 0 Å². The second kappa shape index (κ2) is 8.30. The normalized spacial score (nSPS) is 16.9. The van der Waals surface area contributed by atoms with Crippen molar-refractivity contribution in [2.45, 2.75) is 31.6 Å². The number of likely N-dealkylation sites (tertiary alicyclic amines) is 1. The summed E-state index contributed by atoms with van der Waals surface area (Å²) in [4.78, 5) is 35.4. The monoisotopic (exact) mass is 373 g/mol. The summed E-state index contributed by atoms with van der Waals surface area (Å²) < 4.78 is 0. The number of amides is 1. The maximum atomic E-state index is 12.7. The Kier molecular flexibility index (Phi) is 5.42. The van der Waals surface area contributed by atoms with Crippen molar-refractivity contribution in [2.75, 3.05) is 13.1 Å². The van der Waals surface area contributed by atoms with Crippen LogP contribution in [0.25, 0.3) is 10.8 Å². The molecule has 0 aliphatic carbocycles. The quantitative estimate of drug-likeness (QED) is 0.634. The van der Waals surface area contributed by atoms with Crippen molar-refractivity contribution in [1.82, 2.24) is 14.9 Å². The molecule has 28 heavy (non-hydrogen) atoms. The molecule has 1 aliphatic rings. The first-order chi connectivity index (χ1) is 13.7. The molecule has 5 nitrogen and oxygen atoms in total. The van der Waals surface area contributed by atoms with Crippen LogP contribution in [0, 0.1) is 0 Å². The zero-order valence-corrected chi connectivity index (χ0v) is 15.8. The molecule has 3 heterocycles. The van der Waals surface area contributed by atoms with Crippen molar-refractivity contribution in [2.24, 2.45) is 0 Å². The molecule has 1 atom stereocenters. The summed E-state index contributed by atoms with van der Waals surface area (Å²) in [6.07, 6.45) is 7.56. The predicted octanol–water partition coefficient (Wildman–Crippen LogP) is 4.00. The fraction of sp³-hybridized carbons (Fsp3) is 0.304. The molecule has 2 aromatic heterocycles. The van der Waals surface area contributed by atoms with E-state index in [1.54, 1.807) is 24.5 Å². The number of hydrogen-bond donors (Lipinski definition) is 0. The van der Waals surface area contributed by atoms with E-state index in [-0.39, 0.29) is 30.4 Å². The molecule has 0 spiro atoms. The molecular weight excluding hydrogens is 350 g/mol. The smallest absolute Gasteiger partial charge is 0.223 e. The van der Waals surface area contributed by atoms with E-state index in [9.17, 15) is 9.59 Å². The van der Waals surface area contributed by atoms with Crippen LogP contribution in [0.1, 0.15) is 47.7 Å². The number of aromatic nitrogens is 2. The highest BCUT2D eigenvalue weighted by Crippen LogP contribution is 2.28. The Morgan fingerprint density at radius 1 is 1.04 bits per heavy atom. The number of carbonyl (C=O) groups is 2. The number of nitrogens with zero attached hydrogens (tertiary/aromatic N) is 3. The molecule has 0 unspecified atom stereocenters. The number of benzene rings is 1. The van der Waals surface area contributed by atoms with Gasteiger partial charge in [0.2, 0.25) is 5.91 Å². The van der Waals surface area contributed by atoms with Crippen LogP contribution in [0.3, 0.4) is 0 Å². The molecule has 5 heteroatoms. The van der Waals surface area contributed by atoms with Gasteiger partial charge >= 0.3 is 0 Å². The molecule has 1 aliphatic heterocycles. The Morgan fingerprint density at radius 3 is 2.71 bits per heavy atom. The highest BCUT2D eigenvalue weighted by atomic mass is 16.2. The summed E-state index contributed by atoms with van der Waals surface area (Å²) in [5.74, 6) is 0.255. The summed E-state index contributed by atoms with van der Waals surface area (Å²) in [6.45, 7) is 1.43. The van der Waals surface area contributed by atoms with Gasteiger partial charge in [-0.3, -0.25) is 19.6 Å². The third-order valence-corrected chi connectivity index (χ3v) is 5.39. The minimum absolute atomic E-state index is 0.0359. The van der Waals surface area contributed by atoms with Crippen molar-refractivity contribution in [1.29, 1.82) is 0 Å². The van der Waals surface area contributed by atoms with Crippen molar-refractivity contribution >= 4 is 22.5 Å². The molecule has 1 aromatic carbocycles. The van der Waals surface area contributed by atoms with Crippen LogP contribution >= 0.6 is 0 Å². The maximum Gasteiger partial charge on any atom is 0.223 e. The standard InChI is InChI=1S/C23H23N3O2/c27-22(19-7-3-11-24-14-19)9-10-23(28)26-12-4-8-20(16-26)21-13-17-5-1-2-6-18(17)15-25-21/h1-3,5-7,11,13-15,20H,4,8-10,12,16H2/t20-/m1/s1. The van der Waals surface area contributed by atoms with Crippen molar-refractivity contribution in [3.63, 3.8) is 0 Å². The molecule has 0 radical (unpaired) electrons. The number of rotatable bonds is 5. The van der Waals surface area contributed by atoms with Gasteiger partial charge in [-0.25, -0.2) is 0 Å². The minimum atomic E-state index is -0.0359. The summed E-state index contributed by atoms with van der Waals surface area (Å²) in [7, 11) is 0. The average Bonchev–Trinajstić information content (AvgIpc) is 2.77. The van der Waals surface area contributed by atoms with Gasteiger partial charge in [0.15, 0.2) is 5.78 Å². The van der Waals surface area contributed by atoms with Crippen LogP contribution in [-0.4, -0.2) is 39.6 Å². The number of hydrogen-bond acceptors (Lipinski definition) is 4. The zero-order chi connectivity index (χ0) is 19.3. The maximum absolute atomic E-state index is 12.7. The van der Waals surface area contributed by atoms with Gasteiger partial charge in [0.25, 0.3) is 0 Å². The van der Waals surface area contributed by atoms with Gasteiger partial charge in [-0.15, -0.1) is 0 Å². The van der Waals surface area contributed by atoms with Gasteiger partial charge in [-0.05, 0) is 36.4 Å². The van der Waals surface area contributed by atoms with Crippen LogP contribution in [0.15, 0.2) is 61.1 Å². The molecule has 3 aromatic rings. The summed E-state index contributed by atoms with van der Waals surface area (Å²) in [6, 6.07) is 13.8. The average molecular weight is 373 g/mol. The van der Waals surface area contributed by atoms with Gasteiger partial charge in [-0.2, -0.15) is 0 Å². The number of Topliss-reactive ketones (excluding diaryl/α,β-unsaturated/α-hetero) is 1. The Morgan fingerprint density at radius 2 is 1.89 bits per heavy atom. The fourth-order valence-corrected chi connectivity index (χ4v) is 3.82. The van der Waals surface area contributed by atoms with E-state index in [2.05, 4.69) is 28.2 Å². The van der Waals surface area contributed by atoms with Crippen LogP contribution in [-0.2, 0) is 4.79 Å². The van der Waals surface area contributed by atoms with Gasteiger partial charge in [0.1, 0.15) is 0 Å². The highest BCUT2D eigenvalue weighted by Gasteiger charge is 2.26. The fourth-order valence-electron chi connectivity index (χ4n) is 3.82. The minimum Gasteiger partial charge on any atom is -0.342 e. The Hall–Kier alpha value is -3.08. The number of ketones is 1. The topological polar surface area (TPSA) is 63.2 Å². The van der Waals surface area contributed by atoms with Crippen LogP contribution in [0.4, 0.5) is 0 Å². The van der Waals surface area contributed by atoms with E-state index in [0.717, 1.165) is 30.5 Å². The first-order valence-electron chi connectivity index (χ1n) is 9.76. The van der Waals surface area contributed by atoms with Crippen LogP contribution < -0.4 is 0 Å². The summed E-state index contributed by atoms with van der Waals surface area (Å²) in [5.41, 5.74) is 1.61. The van der Waals surface area contributed by atoms with E-state index < -0.39 is 0 Å². The third kappa shape index (κ3) is 4.09.